The van der Waals surface area contributed by atoms with E-state index >= 15 is 0 Å². The first kappa shape index (κ1) is 18.9. The number of anilines is 1. The molecule has 3 rings (SSSR count). The zero-order valence-electron chi connectivity index (χ0n) is 15.5. The summed E-state index contributed by atoms with van der Waals surface area (Å²) in [6.07, 6.45) is 1.70. The van der Waals surface area contributed by atoms with E-state index in [1.165, 1.54) is 10.4 Å². The lowest BCUT2D eigenvalue weighted by atomic mass is 9.94. The first-order chi connectivity index (χ1) is 11.8. The van der Waals surface area contributed by atoms with Crippen LogP contribution in [0.3, 0.4) is 0 Å². The third kappa shape index (κ3) is 4.10. The molecule has 1 aliphatic rings. The summed E-state index contributed by atoms with van der Waals surface area (Å²) in [7, 11) is 0. The minimum Gasteiger partial charge on any atom is -0.394 e. The Morgan fingerprint density at radius 3 is 2.76 bits per heavy atom. The van der Waals surface area contributed by atoms with E-state index in [9.17, 15) is 5.11 Å². The molecule has 2 aromatic heterocycles. The summed E-state index contributed by atoms with van der Waals surface area (Å²) in [6.45, 7) is 11.3. The summed E-state index contributed by atoms with van der Waals surface area (Å²) >= 11 is 3.37. The number of thioether (sulfide) groups is 1. The van der Waals surface area contributed by atoms with E-state index in [2.05, 4.69) is 39.9 Å². The third-order valence-corrected chi connectivity index (χ3v) is 6.27. The standard InChI is InChI=1S/C18H27N3O2S2/c1-6-11(8-22)19-15-14-12-7-18(4,5)23-9-13(12)25-16(14)21-17(20-15)24-10(2)3/h10-11,22H,6-9H2,1-5H3,(H,19,20,21)/t11-/m0/s1. The van der Waals surface area contributed by atoms with Gasteiger partial charge in [-0.15, -0.1) is 11.3 Å². The molecule has 5 nitrogen and oxygen atoms in total. The molecule has 0 aliphatic carbocycles. The Morgan fingerprint density at radius 2 is 2.12 bits per heavy atom. The second-order valence-corrected chi connectivity index (χ2v) is 9.99. The van der Waals surface area contributed by atoms with Gasteiger partial charge in [-0.1, -0.05) is 32.5 Å². The van der Waals surface area contributed by atoms with Gasteiger partial charge >= 0.3 is 0 Å². The van der Waals surface area contributed by atoms with E-state index in [-0.39, 0.29) is 18.2 Å². The van der Waals surface area contributed by atoms with E-state index in [4.69, 9.17) is 14.7 Å². The maximum atomic E-state index is 9.62. The second kappa shape index (κ2) is 7.39. The Morgan fingerprint density at radius 1 is 1.36 bits per heavy atom. The van der Waals surface area contributed by atoms with E-state index in [1.54, 1.807) is 23.1 Å². The van der Waals surface area contributed by atoms with Crippen LogP contribution >= 0.6 is 23.1 Å². The molecule has 1 aliphatic heterocycles. The van der Waals surface area contributed by atoms with Crippen molar-refractivity contribution in [2.24, 2.45) is 0 Å². The Bertz CT molecular complexity index is 754. The van der Waals surface area contributed by atoms with Gasteiger partial charge in [0.05, 0.1) is 30.2 Å². The highest BCUT2D eigenvalue weighted by molar-refractivity contribution is 7.99. The van der Waals surface area contributed by atoms with E-state index in [0.29, 0.717) is 11.9 Å². The number of fused-ring (bicyclic) bond motifs is 3. The molecule has 138 valence electrons. The molecule has 0 saturated heterocycles. The van der Waals surface area contributed by atoms with Crippen molar-refractivity contribution in [3.8, 4) is 0 Å². The molecule has 0 bridgehead atoms. The first-order valence-corrected chi connectivity index (χ1v) is 10.5. The van der Waals surface area contributed by atoms with Crippen molar-refractivity contribution in [3.63, 3.8) is 0 Å². The van der Waals surface area contributed by atoms with Crippen LogP contribution in [0.4, 0.5) is 5.82 Å². The topological polar surface area (TPSA) is 67.3 Å². The van der Waals surface area contributed by atoms with Crippen molar-refractivity contribution in [2.75, 3.05) is 11.9 Å². The molecular weight excluding hydrogens is 354 g/mol. The lowest BCUT2D eigenvalue weighted by Gasteiger charge is -2.30. The van der Waals surface area contributed by atoms with Gasteiger partial charge < -0.3 is 15.2 Å². The van der Waals surface area contributed by atoms with Crippen LogP contribution in [0.25, 0.3) is 10.2 Å². The van der Waals surface area contributed by atoms with Crippen molar-refractivity contribution < 1.29 is 9.84 Å². The Kier molecular flexibility index (Phi) is 5.58. The molecule has 25 heavy (non-hydrogen) atoms. The van der Waals surface area contributed by atoms with Gasteiger partial charge in [-0.2, -0.15) is 0 Å². The van der Waals surface area contributed by atoms with Gasteiger partial charge in [-0.3, -0.25) is 0 Å². The Labute approximate surface area is 157 Å². The molecule has 0 aromatic carbocycles. The molecule has 7 heteroatoms. The van der Waals surface area contributed by atoms with Crippen molar-refractivity contribution in [1.29, 1.82) is 0 Å². The van der Waals surface area contributed by atoms with Crippen molar-refractivity contribution in [1.82, 2.24) is 9.97 Å². The normalized spacial score (nSPS) is 17.7. The first-order valence-electron chi connectivity index (χ1n) is 8.83. The summed E-state index contributed by atoms with van der Waals surface area (Å²) in [5.41, 5.74) is 1.12. The number of nitrogens with zero attached hydrogens (tertiary/aromatic N) is 2. The van der Waals surface area contributed by atoms with E-state index in [0.717, 1.165) is 34.0 Å². The monoisotopic (exact) mass is 381 g/mol. The number of nitrogens with one attached hydrogen (secondary N) is 1. The summed E-state index contributed by atoms with van der Waals surface area (Å²) in [4.78, 5) is 11.9. The van der Waals surface area contributed by atoms with Crippen LogP contribution in [-0.2, 0) is 17.8 Å². The number of rotatable bonds is 6. The van der Waals surface area contributed by atoms with Gasteiger partial charge in [0, 0.05) is 16.5 Å². The highest BCUT2D eigenvalue weighted by atomic mass is 32.2. The predicted molar refractivity (Wildman–Crippen MR) is 106 cm³/mol. The van der Waals surface area contributed by atoms with Crippen molar-refractivity contribution in [3.05, 3.63) is 10.4 Å². The fraction of sp³-hybridized carbons (Fsp3) is 0.667. The summed E-state index contributed by atoms with van der Waals surface area (Å²) < 4.78 is 5.98. The molecule has 0 amide bonds. The number of aromatic nitrogens is 2. The minimum atomic E-state index is -0.176. The van der Waals surface area contributed by atoms with E-state index < -0.39 is 0 Å². The zero-order chi connectivity index (χ0) is 18.2. The smallest absolute Gasteiger partial charge is 0.191 e. The molecule has 1 atom stereocenters. The van der Waals surface area contributed by atoms with Crippen molar-refractivity contribution >= 4 is 39.1 Å². The second-order valence-electron chi connectivity index (χ2n) is 7.36. The van der Waals surface area contributed by atoms with Crippen LogP contribution in [-0.4, -0.2) is 38.6 Å². The lowest BCUT2D eigenvalue weighted by molar-refractivity contribution is -0.0379. The molecule has 0 spiro atoms. The quantitative estimate of drug-likeness (QED) is 0.577. The molecule has 0 fully saturated rings. The third-order valence-electron chi connectivity index (χ3n) is 4.31. The highest BCUT2D eigenvalue weighted by Crippen LogP contribution is 2.41. The fourth-order valence-corrected chi connectivity index (χ4v) is 4.83. The van der Waals surface area contributed by atoms with Gasteiger partial charge in [0.25, 0.3) is 0 Å². The van der Waals surface area contributed by atoms with Gasteiger partial charge in [-0.25, -0.2) is 9.97 Å². The largest absolute Gasteiger partial charge is 0.394 e. The SMILES string of the molecule is CC[C@@H](CO)Nc1nc(SC(C)C)nc2sc3c(c12)CC(C)(C)OC3. The van der Waals surface area contributed by atoms with Gasteiger partial charge in [-0.05, 0) is 25.8 Å². The lowest BCUT2D eigenvalue weighted by Crippen LogP contribution is -2.31. The van der Waals surface area contributed by atoms with Crippen LogP contribution in [0.2, 0.25) is 0 Å². The number of ether oxygens (including phenoxy) is 1. The minimum absolute atomic E-state index is 0.00148. The molecule has 0 unspecified atom stereocenters. The van der Waals surface area contributed by atoms with Crippen LogP contribution in [0.15, 0.2) is 5.16 Å². The number of hydrogen-bond acceptors (Lipinski definition) is 7. The number of thiophene rings is 1. The maximum Gasteiger partial charge on any atom is 0.191 e. The van der Waals surface area contributed by atoms with Gasteiger partial charge in [0.2, 0.25) is 0 Å². The summed E-state index contributed by atoms with van der Waals surface area (Å²) in [5.74, 6) is 0.851. The maximum absolute atomic E-state index is 9.62. The highest BCUT2D eigenvalue weighted by Gasteiger charge is 2.31. The molecule has 0 radical (unpaired) electrons. The van der Waals surface area contributed by atoms with Crippen molar-refractivity contribution in [2.45, 2.75) is 76.1 Å². The summed E-state index contributed by atoms with van der Waals surface area (Å²) in [6, 6.07) is -0.00148. The average Bonchev–Trinajstić information content (AvgIpc) is 2.88. The van der Waals surface area contributed by atoms with Gasteiger partial charge in [0.15, 0.2) is 5.16 Å². The summed E-state index contributed by atoms with van der Waals surface area (Å²) in [5, 5.41) is 15.4. The molecule has 3 heterocycles. The van der Waals surface area contributed by atoms with Gasteiger partial charge in [0.1, 0.15) is 10.6 Å². The van der Waals surface area contributed by atoms with Crippen LogP contribution in [0, 0.1) is 0 Å². The number of aliphatic hydroxyl groups is 1. The van der Waals surface area contributed by atoms with Crippen LogP contribution in [0.5, 0.6) is 0 Å². The Balaban J connectivity index is 2.12. The number of aliphatic hydroxyl groups excluding tert-OH is 1. The van der Waals surface area contributed by atoms with Crippen LogP contribution in [0.1, 0.15) is 51.5 Å². The van der Waals surface area contributed by atoms with E-state index in [1.807, 2.05) is 0 Å². The molecular formula is C18H27N3O2S2. The average molecular weight is 382 g/mol. The number of hydrogen-bond donors (Lipinski definition) is 2. The molecule has 2 N–H and O–H groups in total. The Hall–Kier alpha value is -0.890. The zero-order valence-corrected chi connectivity index (χ0v) is 17.2. The fourth-order valence-electron chi connectivity index (χ4n) is 2.96. The van der Waals surface area contributed by atoms with Crippen LogP contribution < -0.4 is 5.32 Å². The molecule has 2 aromatic rings. The predicted octanol–water partition coefficient (Wildman–Crippen LogP) is 4.23. The molecule has 0 saturated carbocycles.